The van der Waals surface area contributed by atoms with Crippen LogP contribution < -0.4 is 0 Å². The molecule has 0 amide bonds. The number of ether oxygens (including phenoxy) is 1. The van der Waals surface area contributed by atoms with Gasteiger partial charge in [0, 0.05) is 31.6 Å². The van der Waals surface area contributed by atoms with Crippen LogP contribution in [0.4, 0.5) is 0 Å². The molecule has 7 nitrogen and oxygen atoms in total. The number of hydrogen-bond acceptors (Lipinski definition) is 5. The molecule has 33 heavy (non-hydrogen) atoms. The molecule has 0 aliphatic rings. The van der Waals surface area contributed by atoms with Crippen LogP contribution in [0.2, 0.25) is 10.0 Å². The molecule has 0 fully saturated rings. The van der Waals surface area contributed by atoms with Gasteiger partial charge in [-0.2, -0.15) is 0 Å². The van der Waals surface area contributed by atoms with E-state index < -0.39 is 23.9 Å². The highest BCUT2D eigenvalue weighted by Gasteiger charge is 2.24. The number of benzene rings is 4. The van der Waals surface area contributed by atoms with Crippen molar-refractivity contribution >= 4 is 68.6 Å². The van der Waals surface area contributed by atoms with Gasteiger partial charge in [0.25, 0.3) is 0 Å². The number of hydrogen-bond donors (Lipinski definition) is 2. The number of fused-ring (bicyclic) bond motifs is 2. The van der Waals surface area contributed by atoms with E-state index in [4.69, 9.17) is 27.9 Å². The van der Waals surface area contributed by atoms with E-state index in [0.717, 1.165) is 0 Å². The van der Waals surface area contributed by atoms with Crippen molar-refractivity contribution in [2.45, 2.75) is 0 Å². The normalized spacial score (nSPS) is 10.8. The smallest absolute Gasteiger partial charge is 0.346 e. The first-order valence-corrected chi connectivity index (χ1v) is 10.1. The van der Waals surface area contributed by atoms with Gasteiger partial charge in [0.05, 0.1) is 22.3 Å². The minimum absolute atomic E-state index is 0.0162. The molecular weight excluding hydrogens is 471 g/mol. The van der Waals surface area contributed by atoms with E-state index in [9.17, 15) is 29.4 Å². The zero-order valence-electron chi connectivity index (χ0n) is 16.5. The van der Waals surface area contributed by atoms with Gasteiger partial charge in [-0.05, 0) is 36.4 Å². The minimum Gasteiger partial charge on any atom is -0.478 e. The SMILES string of the molecule is O=C(O)c1cccc2c(Cl)ccc(C(=O)OC(=O)c3ccc(Cl)c4cccc(C(=O)O)c34)c12. The monoisotopic (exact) mass is 482 g/mol. The molecule has 4 aromatic rings. The lowest BCUT2D eigenvalue weighted by Gasteiger charge is -2.12. The molecule has 164 valence electrons. The number of carboxylic acids is 2. The summed E-state index contributed by atoms with van der Waals surface area (Å²) in [4.78, 5) is 49.2. The first-order chi connectivity index (χ1) is 15.7. The van der Waals surface area contributed by atoms with Gasteiger partial charge in [-0.1, -0.05) is 47.5 Å². The van der Waals surface area contributed by atoms with Crippen molar-refractivity contribution in [1.82, 2.24) is 0 Å². The first kappa shape index (κ1) is 22.3. The fraction of sp³-hybridized carbons (Fsp3) is 0. The van der Waals surface area contributed by atoms with Crippen molar-refractivity contribution in [3.05, 3.63) is 93.0 Å². The Morgan fingerprint density at radius 2 is 0.970 bits per heavy atom. The van der Waals surface area contributed by atoms with Crippen LogP contribution in [0.15, 0.2) is 60.7 Å². The standard InChI is InChI=1S/C24H12Cl2O7/c25-17-9-7-15(19-11(17)3-1-5-13(19)21(27)28)23(31)33-24(32)16-8-10-18(26)12-4-2-6-14(20(12)16)22(29)30/h1-10H,(H,27,28)(H,29,30). The number of carbonyl (C=O) groups is 4. The van der Waals surface area contributed by atoms with Crippen molar-refractivity contribution in [1.29, 1.82) is 0 Å². The minimum atomic E-state index is -1.29. The molecule has 9 heteroatoms. The first-order valence-electron chi connectivity index (χ1n) is 9.36. The van der Waals surface area contributed by atoms with Gasteiger partial charge in [0.1, 0.15) is 0 Å². The van der Waals surface area contributed by atoms with Crippen molar-refractivity contribution in [2.24, 2.45) is 0 Å². The fourth-order valence-electron chi connectivity index (χ4n) is 3.63. The summed E-state index contributed by atoms with van der Waals surface area (Å²) in [5.41, 5.74) is -0.756. The van der Waals surface area contributed by atoms with Gasteiger partial charge in [0.2, 0.25) is 0 Å². The second-order valence-corrected chi connectivity index (χ2v) is 7.75. The second kappa shape index (κ2) is 8.54. The lowest BCUT2D eigenvalue weighted by molar-refractivity contribution is 0.0400. The summed E-state index contributed by atoms with van der Waals surface area (Å²) in [7, 11) is 0. The summed E-state index contributed by atoms with van der Waals surface area (Å²) in [5.74, 6) is -4.83. The number of aromatic carboxylic acids is 2. The highest BCUT2D eigenvalue weighted by molar-refractivity contribution is 6.37. The zero-order valence-corrected chi connectivity index (χ0v) is 18.0. The van der Waals surface area contributed by atoms with Crippen molar-refractivity contribution < 1.29 is 34.1 Å². The molecule has 0 bridgehead atoms. The third-order valence-electron chi connectivity index (χ3n) is 5.06. The van der Waals surface area contributed by atoms with Gasteiger partial charge in [-0.25, -0.2) is 19.2 Å². The van der Waals surface area contributed by atoms with Crippen LogP contribution in [0.3, 0.4) is 0 Å². The molecule has 0 saturated carbocycles. The molecule has 4 rings (SSSR count). The van der Waals surface area contributed by atoms with Gasteiger partial charge >= 0.3 is 23.9 Å². The molecule has 0 saturated heterocycles. The molecule has 0 radical (unpaired) electrons. The molecule has 0 atom stereocenters. The largest absolute Gasteiger partial charge is 0.478 e. The fourth-order valence-corrected chi connectivity index (χ4v) is 4.07. The van der Waals surface area contributed by atoms with Crippen LogP contribution in [0.5, 0.6) is 0 Å². The van der Waals surface area contributed by atoms with E-state index in [0.29, 0.717) is 10.8 Å². The van der Waals surface area contributed by atoms with E-state index in [1.54, 1.807) is 0 Å². The van der Waals surface area contributed by atoms with Crippen LogP contribution in [0, 0.1) is 0 Å². The number of carbonyl (C=O) groups excluding carboxylic acids is 2. The third-order valence-corrected chi connectivity index (χ3v) is 5.72. The molecule has 0 unspecified atom stereocenters. The summed E-state index contributed by atoms with van der Waals surface area (Å²) in [6.45, 7) is 0. The van der Waals surface area contributed by atoms with Gasteiger partial charge < -0.3 is 14.9 Å². The Hall–Kier alpha value is -3.94. The second-order valence-electron chi connectivity index (χ2n) is 6.93. The van der Waals surface area contributed by atoms with Crippen molar-refractivity contribution in [2.75, 3.05) is 0 Å². The molecule has 2 N–H and O–H groups in total. The molecule has 0 aromatic heterocycles. The quantitative estimate of drug-likeness (QED) is 0.283. The van der Waals surface area contributed by atoms with Crippen LogP contribution in [-0.2, 0) is 4.74 Å². The maximum Gasteiger partial charge on any atom is 0.346 e. The predicted octanol–water partition coefficient (Wildman–Crippen LogP) is 5.69. The van der Waals surface area contributed by atoms with E-state index in [2.05, 4.69) is 0 Å². The van der Waals surface area contributed by atoms with Crippen LogP contribution in [0.1, 0.15) is 41.4 Å². The van der Waals surface area contributed by atoms with Gasteiger partial charge in [-0.15, -0.1) is 0 Å². The van der Waals surface area contributed by atoms with E-state index in [1.165, 1.54) is 60.7 Å². The lowest BCUT2D eigenvalue weighted by Crippen LogP contribution is -2.15. The number of rotatable bonds is 4. The lowest BCUT2D eigenvalue weighted by atomic mass is 9.98. The average molecular weight is 483 g/mol. The maximum atomic E-state index is 12.9. The molecule has 0 spiro atoms. The third kappa shape index (κ3) is 3.88. The summed E-state index contributed by atoms with van der Waals surface area (Å²) < 4.78 is 5.04. The summed E-state index contributed by atoms with van der Waals surface area (Å²) in [5, 5.41) is 20.1. The summed E-state index contributed by atoms with van der Waals surface area (Å²) >= 11 is 12.3. The summed E-state index contributed by atoms with van der Waals surface area (Å²) in [6.07, 6.45) is 0. The molecule has 0 aliphatic heterocycles. The highest BCUT2D eigenvalue weighted by Crippen LogP contribution is 2.32. The average Bonchev–Trinajstić information content (AvgIpc) is 2.78. The Balaban J connectivity index is 1.83. The maximum absolute atomic E-state index is 12.9. The van der Waals surface area contributed by atoms with E-state index in [1.807, 2.05) is 0 Å². The number of esters is 2. The van der Waals surface area contributed by atoms with Gasteiger partial charge in [-0.3, -0.25) is 0 Å². The Morgan fingerprint density at radius 3 is 1.33 bits per heavy atom. The Bertz CT molecular complexity index is 1400. The van der Waals surface area contributed by atoms with E-state index >= 15 is 0 Å². The molecular formula is C24H12Cl2O7. The molecule has 4 aromatic carbocycles. The topological polar surface area (TPSA) is 118 Å². The van der Waals surface area contributed by atoms with Crippen LogP contribution in [0.25, 0.3) is 21.5 Å². The Morgan fingerprint density at radius 1 is 0.576 bits per heavy atom. The highest BCUT2D eigenvalue weighted by atomic mass is 35.5. The van der Waals surface area contributed by atoms with Gasteiger partial charge in [0.15, 0.2) is 0 Å². The zero-order chi connectivity index (χ0) is 23.9. The Kier molecular flexibility index (Phi) is 5.76. The summed E-state index contributed by atoms with van der Waals surface area (Å²) in [6, 6.07) is 13.9. The van der Waals surface area contributed by atoms with Crippen molar-refractivity contribution in [3.8, 4) is 0 Å². The number of halogens is 2. The van der Waals surface area contributed by atoms with Crippen LogP contribution >= 0.6 is 23.2 Å². The number of carboxylic acid groups (broad SMARTS) is 2. The molecule has 0 aliphatic carbocycles. The Labute approximate surface area is 195 Å². The van der Waals surface area contributed by atoms with Crippen molar-refractivity contribution in [3.63, 3.8) is 0 Å². The molecule has 0 heterocycles. The predicted molar refractivity (Wildman–Crippen MR) is 122 cm³/mol. The van der Waals surface area contributed by atoms with E-state index in [-0.39, 0.29) is 43.1 Å². The van der Waals surface area contributed by atoms with Crippen LogP contribution in [-0.4, -0.2) is 34.1 Å².